The van der Waals surface area contributed by atoms with Gasteiger partial charge in [-0.2, -0.15) is 0 Å². The van der Waals surface area contributed by atoms with Crippen LogP contribution in [0.3, 0.4) is 0 Å². The van der Waals surface area contributed by atoms with Gasteiger partial charge in [-0.1, -0.05) is 6.42 Å². The van der Waals surface area contributed by atoms with E-state index >= 15 is 0 Å². The second-order valence-electron chi connectivity index (χ2n) is 5.70. The fourth-order valence-corrected chi connectivity index (χ4v) is 2.67. The van der Waals surface area contributed by atoms with E-state index in [9.17, 15) is 0 Å². The molecule has 2 heterocycles. The van der Waals surface area contributed by atoms with Crippen molar-refractivity contribution in [2.45, 2.75) is 38.6 Å². The Kier molecular flexibility index (Phi) is 3.82. The third-order valence-corrected chi connectivity index (χ3v) is 4.05. The molecule has 2 fully saturated rings. The van der Waals surface area contributed by atoms with Gasteiger partial charge in [0, 0.05) is 25.2 Å². The van der Waals surface area contributed by atoms with Gasteiger partial charge in [0.05, 0.1) is 0 Å². The molecule has 0 amide bonds. The van der Waals surface area contributed by atoms with E-state index in [-0.39, 0.29) is 0 Å². The van der Waals surface area contributed by atoms with Crippen LogP contribution in [0.1, 0.15) is 31.5 Å². The molecule has 104 valence electrons. The maximum atomic E-state index is 4.47. The lowest BCUT2D eigenvalue weighted by Crippen LogP contribution is -2.24. The summed E-state index contributed by atoms with van der Waals surface area (Å²) >= 11 is 0. The second kappa shape index (κ2) is 5.74. The fraction of sp³-hybridized carbons (Fsp3) is 0.714. The smallest absolute Gasteiger partial charge is 0.132 e. The van der Waals surface area contributed by atoms with Crippen LogP contribution in [0.5, 0.6) is 0 Å². The Balaban J connectivity index is 1.60. The molecule has 1 aromatic heterocycles. The summed E-state index contributed by atoms with van der Waals surface area (Å²) in [6, 6.07) is 2.53. The van der Waals surface area contributed by atoms with Gasteiger partial charge in [-0.25, -0.2) is 9.97 Å². The predicted octanol–water partition coefficient (Wildman–Crippen LogP) is 1.77. The number of anilines is 2. The molecule has 2 aliphatic rings. The van der Waals surface area contributed by atoms with Gasteiger partial charge in [0.25, 0.3) is 0 Å². The average Bonchev–Trinajstić information content (AvgIpc) is 2.79. The number of hydrogen-bond acceptors (Lipinski definition) is 5. The monoisotopic (exact) mass is 261 g/mol. The lowest BCUT2D eigenvalue weighted by atomic mass is 9.85. The van der Waals surface area contributed by atoms with Crippen molar-refractivity contribution in [1.82, 2.24) is 15.3 Å². The molecule has 19 heavy (non-hydrogen) atoms. The van der Waals surface area contributed by atoms with Crippen LogP contribution in [0.25, 0.3) is 0 Å². The topological polar surface area (TPSA) is 61.9 Å². The Bertz CT molecular complexity index is 424. The van der Waals surface area contributed by atoms with Crippen molar-refractivity contribution in [2.75, 3.05) is 30.3 Å². The van der Waals surface area contributed by atoms with Gasteiger partial charge in [-0.3, -0.25) is 0 Å². The lowest BCUT2D eigenvalue weighted by Gasteiger charge is -2.25. The van der Waals surface area contributed by atoms with Crippen molar-refractivity contribution in [3.8, 4) is 0 Å². The standard InChI is InChI=1S/C14H23N5/c1-10-17-13(16-8-11-3-2-4-11)7-14(18-10)19-12-5-6-15-9-12/h7,11-12,15H,2-6,8-9H2,1H3,(H2,16,17,18,19). The Morgan fingerprint density at radius 1 is 1.26 bits per heavy atom. The molecular weight excluding hydrogens is 238 g/mol. The van der Waals surface area contributed by atoms with E-state index in [1.807, 2.05) is 13.0 Å². The van der Waals surface area contributed by atoms with Crippen LogP contribution in [-0.2, 0) is 0 Å². The van der Waals surface area contributed by atoms with Crippen LogP contribution in [-0.4, -0.2) is 35.6 Å². The molecule has 0 spiro atoms. The molecule has 3 rings (SSSR count). The van der Waals surface area contributed by atoms with Crippen LogP contribution in [0, 0.1) is 12.8 Å². The Hall–Kier alpha value is -1.36. The van der Waals surface area contributed by atoms with Crippen molar-refractivity contribution < 1.29 is 0 Å². The minimum atomic E-state index is 0.494. The van der Waals surface area contributed by atoms with E-state index in [2.05, 4.69) is 25.9 Å². The minimum absolute atomic E-state index is 0.494. The molecule has 0 aromatic carbocycles. The molecule has 5 nitrogen and oxygen atoms in total. The summed E-state index contributed by atoms with van der Waals surface area (Å²) in [6.07, 6.45) is 5.26. The van der Waals surface area contributed by atoms with Crippen LogP contribution in [0.2, 0.25) is 0 Å². The van der Waals surface area contributed by atoms with Crippen molar-refractivity contribution in [2.24, 2.45) is 5.92 Å². The largest absolute Gasteiger partial charge is 0.370 e. The second-order valence-corrected chi connectivity index (χ2v) is 5.70. The van der Waals surface area contributed by atoms with Gasteiger partial charge in [-0.05, 0) is 38.6 Å². The normalized spacial score (nSPS) is 23.1. The first kappa shape index (κ1) is 12.7. The van der Waals surface area contributed by atoms with E-state index < -0.39 is 0 Å². The van der Waals surface area contributed by atoms with Gasteiger partial charge in [-0.15, -0.1) is 0 Å². The molecule has 5 heteroatoms. The van der Waals surface area contributed by atoms with Gasteiger partial charge < -0.3 is 16.0 Å². The number of aromatic nitrogens is 2. The highest BCUT2D eigenvalue weighted by atomic mass is 15.1. The van der Waals surface area contributed by atoms with Gasteiger partial charge in [0.15, 0.2) is 0 Å². The zero-order valence-electron chi connectivity index (χ0n) is 11.6. The summed E-state index contributed by atoms with van der Waals surface area (Å²) in [4.78, 5) is 8.93. The number of aryl methyl sites for hydroxylation is 1. The van der Waals surface area contributed by atoms with Crippen molar-refractivity contribution in [1.29, 1.82) is 0 Å². The van der Waals surface area contributed by atoms with Crippen molar-refractivity contribution in [3.63, 3.8) is 0 Å². The lowest BCUT2D eigenvalue weighted by molar-refractivity contribution is 0.333. The molecule has 1 aromatic rings. The molecule has 1 aliphatic carbocycles. The van der Waals surface area contributed by atoms with E-state index in [1.165, 1.54) is 19.3 Å². The van der Waals surface area contributed by atoms with Crippen LogP contribution in [0.15, 0.2) is 6.07 Å². The van der Waals surface area contributed by atoms with E-state index in [0.717, 1.165) is 49.4 Å². The summed E-state index contributed by atoms with van der Waals surface area (Å²) < 4.78 is 0. The molecule has 1 atom stereocenters. The van der Waals surface area contributed by atoms with Crippen LogP contribution >= 0.6 is 0 Å². The number of nitrogens with zero attached hydrogens (tertiary/aromatic N) is 2. The maximum Gasteiger partial charge on any atom is 0.132 e. The van der Waals surface area contributed by atoms with E-state index in [4.69, 9.17) is 0 Å². The molecule has 3 N–H and O–H groups in total. The van der Waals surface area contributed by atoms with Gasteiger partial charge in [0.2, 0.25) is 0 Å². The maximum absolute atomic E-state index is 4.47. The first-order chi connectivity index (χ1) is 9.29. The Morgan fingerprint density at radius 2 is 2.11 bits per heavy atom. The summed E-state index contributed by atoms with van der Waals surface area (Å²) in [7, 11) is 0. The summed E-state index contributed by atoms with van der Waals surface area (Å²) in [6.45, 7) is 5.11. The quantitative estimate of drug-likeness (QED) is 0.754. The third kappa shape index (κ3) is 3.35. The highest BCUT2D eigenvalue weighted by Gasteiger charge is 2.18. The Labute approximate surface area is 114 Å². The molecular formula is C14H23N5. The van der Waals surface area contributed by atoms with Gasteiger partial charge >= 0.3 is 0 Å². The molecule has 1 unspecified atom stereocenters. The number of nitrogens with one attached hydrogen (secondary N) is 3. The zero-order chi connectivity index (χ0) is 13.1. The summed E-state index contributed by atoms with van der Waals surface area (Å²) in [5.74, 6) is 3.56. The van der Waals surface area contributed by atoms with E-state index in [0.29, 0.717) is 6.04 Å². The third-order valence-electron chi connectivity index (χ3n) is 4.05. The summed E-state index contributed by atoms with van der Waals surface area (Å²) in [5.41, 5.74) is 0. The predicted molar refractivity (Wildman–Crippen MR) is 77.5 cm³/mol. The number of rotatable bonds is 5. The van der Waals surface area contributed by atoms with Crippen LogP contribution < -0.4 is 16.0 Å². The molecule has 1 saturated carbocycles. The van der Waals surface area contributed by atoms with E-state index in [1.54, 1.807) is 0 Å². The summed E-state index contributed by atoms with van der Waals surface area (Å²) in [5, 5.41) is 10.3. The molecule has 0 bridgehead atoms. The van der Waals surface area contributed by atoms with Crippen LogP contribution in [0.4, 0.5) is 11.6 Å². The Morgan fingerprint density at radius 3 is 2.79 bits per heavy atom. The highest BCUT2D eigenvalue weighted by Crippen LogP contribution is 2.26. The highest BCUT2D eigenvalue weighted by molar-refractivity contribution is 5.48. The first-order valence-electron chi connectivity index (χ1n) is 7.36. The first-order valence-corrected chi connectivity index (χ1v) is 7.36. The molecule has 1 saturated heterocycles. The van der Waals surface area contributed by atoms with Crippen molar-refractivity contribution in [3.05, 3.63) is 11.9 Å². The average molecular weight is 261 g/mol. The number of hydrogen-bond donors (Lipinski definition) is 3. The van der Waals surface area contributed by atoms with Crippen molar-refractivity contribution >= 4 is 11.6 Å². The fourth-order valence-electron chi connectivity index (χ4n) is 2.67. The zero-order valence-corrected chi connectivity index (χ0v) is 11.6. The molecule has 0 radical (unpaired) electrons. The minimum Gasteiger partial charge on any atom is -0.370 e. The molecule has 1 aliphatic heterocycles. The van der Waals surface area contributed by atoms with Gasteiger partial charge in [0.1, 0.15) is 17.5 Å². The SMILES string of the molecule is Cc1nc(NCC2CCC2)cc(NC2CCNC2)n1.